The van der Waals surface area contributed by atoms with Crippen LogP contribution in [0.4, 0.5) is 0 Å². The SMILES string of the molecule is CC(=O)C(=CC1C=Cc2ccccc21)C(=O)OC(C)C. The molecule has 104 valence electrons. The Morgan fingerprint density at radius 3 is 2.60 bits per heavy atom. The first-order valence-corrected chi connectivity index (χ1v) is 6.70. The molecular formula is C17H18O3. The molecule has 0 aliphatic heterocycles. The van der Waals surface area contributed by atoms with Gasteiger partial charge in [0.15, 0.2) is 5.78 Å². The number of hydrogen-bond acceptors (Lipinski definition) is 3. The summed E-state index contributed by atoms with van der Waals surface area (Å²) in [5.41, 5.74) is 2.34. The standard InChI is InChI=1S/C17H18O3/c1-11(2)20-17(19)16(12(3)18)10-14-9-8-13-6-4-5-7-15(13)14/h4-11,14H,1-3H3. The third kappa shape index (κ3) is 3.05. The van der Waals surface area contributed by atoms with Crippen LogP contribution in [0.1, 0.15) is 37.8 Å². The number of benzene rings is 1. The van der Waals surface area contributed by atoms with Crippen LogP contribution in [0.15, 0.2) is 42.0 Å². The third-order valence-corrected chi connectivity index (χ3v) is 3.13. The van der Waals surface area contributed by atoms with Gasteiger partial charge >= 0.3 is 5.97 Å². The fourth-order valence-electron chi connectivity index (χ4n) is 2.21. The Morgan fingerprint density at radius 1 is 1.25 bits per heavy atom. The first-order chi connectivity index (χ1) is 9.49. The van der Waals surface area contributed by atoms with Gasteiger partial charge in [-0.1, -0.05) is 42.5 Å². The van der Waals surface area contributed by atoms with Crippen LogP contribution < -0.4 is 0 Å². The lowest BCUT2D eigenvalue weighted by Gasteiger charge is -2.11. The molecule has 0 radical (unpaired) electrons. The summed E-state index contributed by atoms with van der Waals surface area (Å²) in [6.07, 6.45) is 5.44. The van der Waals surface area contributed by atoms with Crippen LogP contribution in [0, 0.1) is 0 Å². The molecule has 1 atom stereocenters. The van der Waals surface area contributed by atoms with Crippen molar-refractivity contribution >= 4 is 17.8 Å². The first-order valence-electron chi connectivity index (χ1n) is 6.70. The molecule has 0 aromatic heterocycles. The van der Waals surface area contributed by atoms with Gasteiger partial charge in [-0.05, 0) is 31.9 Å². The van der Waals surface area contributed by atoms with Crippen molar-refractivity contribution < 1.29 is 14.3 Å². The molecular weight excluding hydrogens is 252 g/mol. The highest BCUT2D eigenvalue weighted by Gasteiger charge is 2.22. The molecule has 1 unspecified atom stereocenters. The summed E-state index contributed by atoms with van der Waals surface area (Å²) in [4.78, 5) is 23.6. The zero-order valence-corrected chi connectivity index (χ0v) is 11.9. The molecule has 0 fully saturated rings. The molecule has 0 spiro atoms. The van der Waals surface area contributed by atoms with Gasteiger partial charge in [-0.25, -0.2) is 4.79 Å². The number of hydrogen-bond donors (Lipinski definition) is 0. The summed E-state index contributed by atoms with van der Waals surface area (Å²) in [5.74, 6) is -0.872. The summed E-state index contributed by atoms with van der Waals surface area (Å²) in [6.45, 7) is 4.92. The number of carbonyl (C=O) groups is 2. The van der Waals surface area contributed by atoms with Crippen molar-refractivity contribution in [1.29, 1.82) is 0 Å². The second-order valence-corrected chi connectivity index (χ2v) is 5.10. The summed E-state index contributed by atoms with van der Waals surface area (Å²) in [5, 5.41) is 0. The maximum atomic E-state index is 12.0. The van der Waals surface area contributed by atoms with Gasteiger partial charge in [-0.2, -0.15) is 0 Å². The van der Waals surface area contributed by atoms with Crippen LogP contribution in [0.2, 0.25) is 0 Å². The predicted octanol–water partition coefficient (Wildman–Crippen LogP) is 3.26. The highest BCUT2D eigenvalue weighted by molar-refractivity contribution is 6.16. The molecule has 0 saturated carbocycles. The van der Waals surface area contributed by atoms with E-state index < -0.39 is 5.97 Å². The lowest BCUT2D eigenvalue weighted by molar-refractivity contribution is -0.143. The molecule has 2 rings (SSSR count). The molecule has 0 bridgehead atoms. The summed E-state index contributed by atoms with van der Waals surface area (Å²) in [6, 6.07) is 7.93. The van der Waals surface area contributed by atoms with E-state index in [-0.39, 0.29) is 23.4 Å². The summed E-state index contributed by atoms with van der Waals surface area (Å²) < 4.78 is 5.12. The Bertz CT molecular complexity index is 594. The lowest BCUT2D eigenvalue weighted by atomic mass is 9.97. The third-order valence-electron chi connectivity index (χ3n) is 3.13. The molecule has 0 amide bonds. The van der Waals surface area contributed by atoms with Gasteiger partial charge in [0.1, 0.15) is 0 Å². The van der Waals surface area contributed by atoms with E-state index in [1.165, 1.54) is 6.92 Å². The molecule has 0 N–H and O–H groups in total. The molecule has 0 saturated heterocycles. The first kappa shape index (κ1) is 14.3. The van der Waals surface area contributed by atoms with Crippen LogP contribution in [-0.4, -0.2) is 17.9 Å². The number of Topliss-reactive ketones (excluding diaryl/α,β-unsaturated/α-hetero) is 1. The quantitative estimate of drug-likeness (QED) is 0.365. The highest BCUT2D eigenvalue weighted by atomic mass is 16.5. The molecule has 3 heteroatoms. The van der Waals surface area contributed by atoms with E-state index in [9.17, 15) is 9.59 Å². The van der Waals surface area contributed by atoms with Gasteiger partial charge < -0.3 is 4.74 Å². The number of fused-ring (bicyclic) bond motifs is 1. The van der Waals surface area contributed by atoms with Crippen LogP contribution in [0.25, 0.3) is 6.08 Å². The van der Waals surface area contributed by atoms with Crippen molar-refractivity contribution in [3.05, 3.63) is 53.1 Å². The fourth-order valence-corrected chi connectivity index (χ4v) is 2.21. The lowest BCUT2D eigenvalue weighted by Crippen LogP contribution is -2.18. The van der Waals surface area contributed by atoms with Crippen molar-refractivity contribution in [3.8, 4) is 0 Å². The normalized spacial score (nSPS) is 17.2. The zero-order valence-electron chi connectivity index (χ0n) is 11.9. The molecule has 0 heterocycles. The minimum Gasteiger partial charge on any atom is -0.459 e. The number of rotatable bonds is 4. The van der Waals surface area contributed by atoms with Crippen LogP contribution in [-0.2, 0) is 14.3 Å². The van der Waals surface area contributed by atoms with Crippen molar-refractivity contribution in [3.63, 3.8) is 0 Å². The molecule has 1 aliphatic carbocycles. The minimum absolute atomic E-state index is 0.0511. The van der Waals surface area contributed by atoms with Crippen molar-refractivity contribution in [2.24, 2.45) is 0 Å². The number of ether oxygens (including phenoxy) is 1. The Morgan fingerprint density at radius 2 is 1.95 bits per heavy atom. The van der Waals surface area contributed by atoms with Gasteiger partial charge in [0.25, 0.3) is 0 Å². The zero-order chi connectivity index (χ0) is 14.7. The van der Waals surface area contributed by atoms with E-state index in [0.717, 1.165) is 11.1 Å². The largest absolute Gasteiger partial charge is 0.459 e. The van der Waals surface area contributed by atoms with Gasteiger partial charge in [0.2, 0.25) is 0 Å². The van der Waals surface area contributed by atoms with Crippen LogP contribution in [0.3, 0.4) is 0 Å². The Labute approximate surface area is 118 Å². The Balaban J connectivity index is 2.30. The monoisotopic (exact) mass is 270 g/mol. The summed E-state index contributed by atoms with van der Waals surface area (Å²) in [7, 11) is 0. The van der Waals surface area contributed by atoms with Gasteiger partial charge in [-0.3, -0.25) is 4.79 Å². The maximum absolute atomic E-state index is 12.0. The maximum Gasteiger partial charge on any atom is 0.341 e. The topological polar surface area (TPSA) is 43.4 Å². The summed E-state index contributed by atoms with van der Waals surface area (Å²) >= 11 is 0. The second kappa shape index (κ2) is 5.87. The predicted molar refractivity (Wildman–Crippen MR) is 78.2 cm³/mol. The van der Waals surface area contributed by atoms with E-state index in [2.05, 4.69) is 0 Å². The Hall–Kier alpha value is -2.16. The average Bonchev–Trinajstić information content (AvgIpc) is 2.77. The van der Waals surface area contributed by atoms with E-state index in [1.807, 2.05) is 36.4 Å². The molecule has 1 aromatic carbocycles. The van der Waals surface area contributed by atoms with Gasteiger partial charge in [0.05, 0.1) is 11.7 Å². The van der Waals surface area contributed by atoms with Gasteiger partial charge in [0, 0.05) is 5.92 Å². The minimum atomic E-state index is -0.551. The van der Waals surface area contributed by atoms with E-state index in [0.29, 0.717) is 0 Å². The molecule has 1 aliphatic rings. The van der Waals surface area contributed by atoms with Gasteiger partial charge in [-0.15, -0.1) is 0 Å². The second-order valence-electron chi connectivity index (χ2n) is 5.10. The van der Waals surface area contributed by atoms with Crippen molar-refractivity contribution in [2.45, 2.75) is 32.8 Å². The number of esters is 1. The molecule has 20 heavy (non-hydrogen) atoms. The smallest absolute Gasteiger partial charge is 0.341 e. The van der Waals surface area contributed by atoms with Crippen molar-refractivity contribution in [1.82, 2.24) is 0 Å². The van der Waals surface area contributed by atoms with Crippen LogP contribution in [0.5, 0.6) is 0 Å². The average molecular weight is 270 g/mol. The van der Waals surface area contributed by atoms with E-state index >= 15 is 0 Å². The van der Waals surface area contributed by atoms with Crippen molar-refractivity contribution in [2.75, 3.05) is 0 Å². The van der Waals surface area contributed by atoms with E-state index in [1.54, 1.807) is 19.9 Å². The number of carbonyl (C=O) groups excluding carboxylic acids is 2. The Kier molecular flexibility index (Phi) is 4.18. The van der Waals surface area contributed by atoms with Crippen LogP contribution >= 0.6 is 0 Å². The fraction of sp³-hybridized carbons (Fsp3) is 0.294. The number of allylic oxidation sites excluding steroid dienone is 2. The molecule has 1 aromatic rings. The highest BCUT2D eigenvalue weighted by Crippen LogP contribution is 2.31. The van der Waals surface area contributed by atoms with E-state index in [4.69, 9.17) is 4.74 Å². The molecule has 3 nitrogen and oxygen atoms in total. The number of ketones is 1.